The minimum absolute atomic E-state index is 0.0723. The summed E-state index contributed by atoms with van der Waals surface area (Å²) < 4.78 is 0. The molecule has 24 heavy (non-hydrogen) atoms. The molecule has 1 aliphatic rings. The maximum Gasteiger partial charge on any atom is 0.272 e. The highest BCUT2D eigenvalue weighted by atomic mass is 16.3. The molecule has 1 aliphatic heterocycles. The van der Waals surface area contributed by atoms with Crippen LogP contribution in [0, 0.1) is 12.8 Å². The van der Waals surface area contributed by atoms with Crippen LogP contribution in [0.15, 0.2) is 36.4 Å². The van der Waals surface area contributed by atoms with Crippen LogP contribution in [-0.4, -0.2) is 51.8 Å². The third kappa shape index (κ3) is 4.01. The van der Waals surface area contributed by atoms with Gasteiger partial charge in [-0.1, -0.05) is 30.3 Å². The third-order valence-corrected chi connectivity index (χ3v) is 4.58. The Bertz CT molecular complexity index is 671. The van der Waals surface area contributed by atoms with E-state index in [1.807, 2.05) is 25.1 Å². The van der Waals surface area contributed by atoms with Crippen LogP contribution in [0.5, 0.6) is 0 Å². The van der Waals surface area contributed by atoms with Crippen molar-refractivity contribution in [1.29, 1.82) is 0 Å². The van der Waals surface area contributed by atoms with E-state index < -0.39 is 0 Å². The average Bonchev–Trinajstić information content (AvgIpc) is 3.03. The Balaban J connectivity index is 1.64. The summed E-state index contributed by atoms with van der Waals surface area (Å²) in [6.07, 6.45) is 0.869. The van der Waals surface area contributed by atoms with Crippen molar-refractivity contribution in [2.75, 3.05) is 19.7 Å². The van der Waals surface area contributed by atoms with Gasteiger partial charge in [-0.25, -0.2) is 0 Å². The number of piperidine rings is 1. The molecule has 1 aromatic heterocycles. The van der Waals surface area contributed by atoms with Gasteiger partial charge in [0.25, 0.3) is 5.91 Å². The van der Waals surface area contributed by atoms with Crippen molar-refractivity contribution in [3.8, 4) is 0 Å². The van der Waals surface area contributed by atoms with Gasteiger partial charge < -0.3 is 10.4 Å². The second-order valence-electron chi connectivity index (χ2n) is 6.47. The van der Waals surface area contributed by atoms with Gasteiger partial charge in [0.05, 0.1) is 0 Å². The zero-order chi connectivity index (χ0) is 16.9. The summed E-state index contributed by atoms with van der Waals surface area (Å²) in [7, 11) is 0. The van der Waals surface area contributed by atoms with Gasteiger partial charge in [-0.05, 0) is 31.5 Å². The van der Waals surface area contributed by atoms with Gasteiger partial charge in [0.1, 0.15) is 5.69 Å². The van der Waals surface area contributed by atoms with Crippen LogP contribution in [0.3, 0.4) is 0 Å². The number of hydrogen-bond donors (Lipinski definition) is 3. The number of hydrogen-bond acceptors (Lipinski definition) is 4. The van der Waals surface area contributed by atoms with Crippen LogP contribution < -0.4 is 5.32 Å². The lowest BCUT2D eigenvalue weighted by Gasteiger charge is -2.38. The number of nitrogens with zero attached hydrogens (tertiary/aromatic N) is 2. The fraction of sp³-hybridized carbons (Fsp3) is 0.444. The Labute approximate surface area is 141 Å². The lowest BCUT2D eigenvalue weighted by molar-refractivity contribution is 0.0727. The lowest BCUT2D eigenvalue weighted by atomic mass is 9.91. The third-order valence-electron chi connectivity index (χ3n) is 4.58. The molecule has 128 valence electrons. The summed E-state index contributed by atoms with van der Waals surface area (Å²) in [5, 5.41) is 19.5. The molecule has 2 atom stereocenters. The van der Waals surface area contributed by atoms with Gasteiger partial charge in [0.2, 0.25) is 0 Å². The highest BCUT2D eigenvalue weighted by molar-refractivity contribution is 5.92. The number of carbonyl (C=O) groups is 1. The molecule has 1 saturated heterocycles. The molecule has 2 heterocycles. The van der Waals surface area contributed by atoms with Crippen molar-refractivity contribution < 1.29 is 9.90 Å². The van der Waals surface area contributed by atoms with Crippen molar-refractivity contribution in [3.05, 3.63) is 53.3 Å². The normalized spacial score (nSPS) is 21.6. The van der Waals surface area contributed by atoms with Gasteiger partial charge in [-0.15, -0.1) is 0 Å². The van der Waals surface area contributed by atoms with E-state index in [1.165, 1.54) is 5.56 Å². The SMILES string of the molecule is Cc1cc(C(=O)NC2CN(Cc3ccccc3)CCC2CO)n[nH]1. The van der Waals surface area contributed by atoms with Crippen molar-refractivity contribution in [3.63, 3.8) is 0 Å². The van der Waals surface area contributed by atoms with Gasteiger partial charge in [0.15, 0.2) is 0 Å². The summed E-state index contributed by atoms with van der Waals surface area (Å²) in [5.41, 5.74) is 2.51. The standard InChI is InChI=1S/C18H24N4O2/c1-13-9-16(21-20-13)18(24)19-17-11-22(8-7-15(17)12-23)10-14-5-3-2-4-6-14/h2-6,9,15,17,23H,7-8,10-12H2,1H3,(H,19,24)(H,20,21). The Hall–Kier alpha value is -2.18. The van der Waals surface area contributed by atoms with Crippen LogP contribution in [0.2, 0.25) is 0 Å². The van der Waals surface area contributed by atoms with Gasteiger partial charge in [-0.3, -0.25) is 14.8 Å². The number of aryl methyl sites for hydroxylation is 1. The number of H-pyrrole nitrogens is 1. The predicted octanol–water partition coefficient (Wildman–Crippen LogP) is 1.33. The molecule has 1 amide bonds. The first-order chi connectivity index (χ1) is 11.7. The molecule has 3 rings (SSSR count). The Morgan fingerprint density at radius 2 is 2.21 bits per heavy atom. The Morgan fingerprint density at radius 3 is 2.88 bits per heavy atom. The summed E-state index contributed by atoms with van der Waals surface area (Å²) in [6.45, 7) is 4.46. The molecule has 0 radical (unpaired) electrons. The number of aliphatic hydroxyl groups excluding tert-OH is 1. The lowest BCUT2D eigenvalue weighted by Crippen LogP contribution is -2.53. The van der Waals surface area contributed by atoms with Crippen LogP contribution in [0.25, 0.3) is 0 Å². The minimum Gasteiger partial charge on any atom is -0.396 e. The molecule has 0 bridgehead atoms. The first-order valence-electron chi connectivity index (χ1n) is 8.35. The van der Waals surface area contributed by atoms with Crippen LogP contribution in [0.4, 0.5) is 0 Å². The largest absolute Gasteiger partial charge is 0.396 e. The van der Waals surface area contributed by atoms with Crippen LogP contribution >= 0.6 is 0 Å². The van der Waals surface area contributed by atoms with Crippen molar-refractivity contribution in [2.45, 2.75) is 25.9 Å². The highest BCUT2D eigenvalue weighted by Crippen LogP contribution is 2.20. The molecule has 2 unspecified atom stereocenters. The fourth-order valence-electron chi connectivity index (χ4n) is 3.21. The van der Waals surface area contributed by atoms with E-state index in [4.69, 9.17) is 0 Å². The van der Waals surface area contributed by atoms with E-state index in [0.29, 0.717) is 5.69 Å². The minimum atomic E-state index is -0.190. The zero-order valence-corrected chi connectivity index (χ0v) is 13.9. The summed E-state index contributed by atoms with van der Waals surface area (Å²) in [5.74, 6) is -0.106. The summed E-state index contributed by atoms with van der Waals surface area (Å²) in [6, 6.07) is 12.0. The van der Waals surface area contributed by atoms with E-state index in [-0.39, 0.29) is 24.5 Å². The Kier molecular flexibility index (Phi) is 5.27. The predicted molar refractivity (Wildman–Crippen MR) is 91.5 cm³/mol. The van der Waals surface area contributed by atoms with Gasteiger partial charge in [0, 0.05) is 37.4 Å². The van der Waals surface area contributed by atoms with E-state index >= 15 is 0 Å². The monoisotopic (exact) mass is 328 g/mol. The summed E-state index contributed by atoms with van der Waals surface area (Å²) in [4.78, 5) is 14.7. The summed E-state index contributed by atoms with van der Waals surface area (Å²) >= 11 is 0. The highest BCUT2D eigenvalue weighted by Gasteiger charge is 2.30. The molecule has 6 heteroatoms. The van der Waals surface area contributed by atoms with Gasteiger partial charge >= 0.3 is 0 Å². The molecule has 3 N–H and O–H groups in total. The zero-order valence-electron chi connectivity index (χ0n) is 13.9. The van der Waals surface area contributed by atoms with E-state index in [2.05, 4.69) is 32.5 Å². The average molecular weight is 328 g/mol. The number of likely N-dealkylation sites (tertiary alicyclic amines) is 1. The number of benzene rings is 1. The smallest absolute Gasteiger partial charge is 0.272 e. The van der Waals surface area contributed by atoms with Crippen LogP contribution in [-0.2, 0) is 6.54 Å². The maximum absolute atomic E-state index is 12.4. The van der Waals surface area contributed by atoms with E-state index in [1.54, 1.807) is 6.07 Å². The fourth-order valence-corrected chi connectivity index (χ4v) is 3.21. The first-order valence-corrected chi connectivity index (χ1v) is 8.35. The molecule has 0 aliphatic carbocycles. The van der Waals surface area contributed by atoms with Crippen molar-refractivity contribution >= 4 is 5.91 Å². The number of rotatable bonds is 5. The molecule has 1 aromatic carbocycles. The molecule has 1 fully saturated rings. The van der Waals surface area contributed by atoms with Gasteiger partial charge in [-0.2, -0.15) is 5.10 Å². The topological polar surface area (TPSA) is 81.2 Å². The van der Waals surface area contributed by atoms with Crippen LogP contribution in [0.1, 0.15) is 28.2 Å². The molecular formula is C18H24N4O2. The number of aliphatic hydroxyl groups is 1. The second kappa shape index (κ2) is 7.59. The maximum atomic E-state index is 12.4. The number of nitrogens with one attached hydrogen (secondary N) is 2. The van der Waals surface area contributed by atoms with Crippen molar-refractivity contribution in [1.82, 2.24) is 20.4 Å². The number of carbonyl (C=O) groups excluding carboxylic acids is 1. The van der Waals surface area contributed by atoms with E-state index in [0.717, 1.165) is 31.7 Å². The number of amides is 1. The molecule has 0 spiro atoms. The Morgan fingerprint density at radius 1 is 1.42 bits per heavy atom. The molecule has 6 nitrogen and oxygen atoms in total. The molecular weight excluding hydrogens is 304 g/mol. The second-order valence-corrected chi connectivity index (χ2v) is 6.47. The number of aromatic amines is 1. The molecule has 2 aromatic rings. The first kappa shape index (κ1) is 16.7. The number of aromatic nitrogens is 2. The van der Waals surface area contributed by atoms with Crippen molar-refractivity contribution in [2.24, 2.45) is 5.92 Å². The molecule has 0 saturated carbocycles. The van der Waals surface area contributed by atoms with E-state index in [9.17, 15) is 9.90 Å². The quantitative estimate of drug-likeness (QED) is 0.773.